The summed E-state index contributed by atoms with van der Waals surface area (Å²) >= 11 is 4.54. The van der Waals surface area contributed by atoms with Crippen LogP contribution in [0.5, 0.6) is 5.75 Å². The van der Waals surface area contributed by atoms with Crippen molar-refractivity contribution >= 4 is 23.1 Å². The van der Waals surface area contributed by atoms with Crippen LogP contribution < -0.4 is 4.74 Å². The van der Waals surface area contributed by atoms with Gasteiger partial charge in [-0.1, -0.05) is 27.7 Å². The number of likely N-dealkylation sites (tertiary alicyclic amines) is 1. The van der Waals surface area contributed by atoms with Gasteiger partial charge >= 0.3 is 0 Å². The molecule has 0 atom stereocenters. The summed E-state index contributed by atoms with van der Waals surface area (Å²) in [6.07, 6.45) is 2.65. The average Bonchev–Trinajstić information content (AvgIpc) is 3.07. The highest BCUT2D eigenvalue weighted by molar-refractivity contribution is 7.78. The molecule has 2 rings (SSSR count). The molecule has 0 aromatic heterocycles. The lowest BCUT2D eigenvalue weighted by Gasteiger charge is -2.14. The zero-order valence-electron chi connectivity index (χ0n) is 13.8. The van der Waals surface area contributed by atoms with Crippen LogP contribution >= 0.6 is 12.2 Å². The summed E-state index contributed by atoms with van der Waals surface area (Å²) in [5, 5.41) is 2.34. The Hall–Kier alpha value is -1.22. The molecule has 0 aliphatic carbocycles. The molecule has 1 aliphatic rings. The van der Waals surface area contributed by atoms with Crippen LogP contribution in [0.2, 0.25) is 0 Å². The molecule has 1 aromatic carbocycles. The Morgan fingerprint density at radius 2 is 1.67 bits per heavy atom. The van der Waals surface area contributed by atoms with Crippen molar-refractivity contribution in [3.8, 4) is 5.75 Å². The fourth-order valence-corrected chi connectivity index (χ4v) is 2.07. The Morgan fingerprint density at radius 1 is 1.10 bits per heavy atom. The van der Waals surface area contributed by atoms with E-state index in [9.17, 15) is 0 Å². The van der Waals surface area contributed by atoms with Crippen molar-refractivity contribution in [2.75, 3.05) is 26.2 Å². The van der Waals surface area contributed by atoms with E-state index in [1.807, 2.05) is 52.0 Å². The summed E-state index contributed by atoms with van der Waals surface area (Å²) in [5.74, 6) is 0.882. The molecule has 0 saturated carbocycles. The lowest BCUT2D eigenvalue weighted by Crippen LogP contribution is -2.25. The van der Waals surface area contributed by atoms with Crippen molar-refractivity contribution in [1.82, 2.24) is 4.90 Å². The smallest absolute Gasteiger partial charge is 0.119 e. The first kappa shape index (κ1) is 19.8. The standard InChI is InChI=1S/C13H16N2OS.2C2H6/c17-11-14-12-3-5-13(6-4-12)16-10-9-15-7-1-2-8-15;2*1-2/h3-6H,1-2,7-10H2;2*1-2H3. The maximum atomic E-state index is 5.67. The van der Waals surface area contributed by atoms with Gasteiger partial charge in [0.25, 0.3) is 0 Å². The molecular formula is C17H28N2OS. The largest absolute Gasteiger partial charge is 0.492 e. The summed E-state index contributed by atoms with van der Waals surface area (Å²) in [7, 11) is 0. The summed E-state index contributed by atoms with van der Waals surface area (Å²) in [6.45, 7) is 12.2. The van der Waals surface area contributed by atoms with Crippen LogP contribution in [0.1, 0.15) is 40.5 Å². The van der Waals surface area contributed by atoms with Gasteiger partial charge < -0.3 is 4.74 Å². The van der Waals surface area contributed by atoms with Crippen LogP contribution in [0.15, 0.2) is 29.3 Å². The van der Waals surface area contributed by atoms with Crippen molar-refractivity contribution in [2.24, 2.45) is 4.99 Å². The van der Waals surface area contributed by atoms with Gasteiger partial charge in [-0.05, 0) is 62.4 Å². The number of ether oxygens (including phenoxy) is 1. The zero-order chi connectivity index (χ0) is 15.9. The second-order valence-electron chi connectivity index (χ2n) is 4.09. The maximum absolute atomic E-state index is 5.67. The summed E-state index contributed by atoms with van der Waals surface area (Å²) in [6, 6.07) is 7.58. The minimum Gasteiger partial charge on any atom is -0.492 e. The minimum absolute atomic E-state index is 0.746. The molecule has 0 spiro atoms. The van der Waals surface area contributed by atoms with E-state index in [4.69, 9.17) is 4.74 Å². The molecule has 1 aromatic rings. The number of benzene rings is 1. The van der Waals surface area contributed by atoms with Gasteiger partial charge in [-0.3, -0.25) is 4.90 Å². The highest BCUT2D eigenvalue weighted by Crippen LogP contribution is 2.17. The quantitative estimate of drug-likeness (QED) is 0.568. The van der Waals surface area contributed by atoms with E-state index in [2.05, 4.69) is 27.3 Å². The van der Waals surface area contributed by atoms with Crippen LogP contribution in [0.25, 0.3) is 0 Å². The van der Waals surface area contributed by atoms with Gasteiger partial charge in [-0.15, -0.1) is 0 Å². The van der Waals surface area contributed by atoms with Gasteiger partial charge in [0.15, 0.2) is 0 Å². The third-order valence-corrected chi connectivity index (χ3v) is 2.98. The molecule has 3 nitrogen and oxygen atoms in total. The lowest BCUT2D eigenvalue weighted by molar-refractivity contribution is 0.238. The Morgan fingerprint density at radius 3 is 2.19 bits per heavy atom. The normalized spacial score (nSPS) is 13.1. The fraction of sp³-hybridized carbons (Fsp3) is 0.588. The Labute approximate surface area is 135 Å². The third-order valence-electron chi connectivity index (χ3n) is 2.89. The molecule has 0 radical (unpaired) electrons. The van der Waals surface area contributed by atoms with Gasteiger partial charge in [0, 0.05) is 6.54 Å². The number of hydrogen-bond donors (Lipinski definition) is 0. The molecule has 1 saturated heterocycles. The van der Waals surface area contributed by atoms with Crippen LogP contribution in [0, 0.1) is 0 Å². The lowest BCUT2D eigenvalue weighted by atomic mass is 10.3. The Bertz CT molecular complexity index is 394. The second-order valence-corrected chi connectivity index (χ2v) is 4.28. The fourth-order valence-electron chi connectivity index (χ4n) is 1.97. The first-order chi connectivity index (χ1) is 10.4. The molecule has 118 valence electrons. The first-order valence-electron chi connectivity index (χ1n) is 7.91. The number of nitrogens with zero attached hydrogens (tertiary/aromatic N) is 2. The zero-order valence-corrected chi connectivity index (χ0v) is 14.6. The Kier molecular flexibility index (Phi) is 13.0. The van der Waals surface area contributed by atoms with Crippen molar-refractivity contribution in [3.63, 3.8) is 0 Å². The predicted molar refractivity (Wildman–Crippen MR) is 95.0 cm³/mol. The Balaban J connectivity index is 0.000000921. The first-order valence-corrected chi connectivity index (χ1v) is 8.32. The molecule has 0 bridgehead atoms. The summed E-state index contributed by atoms with van der Waals surface area (Å²) in [5.41, 5.74) is 0.812. The highest BCUT2D eigenvalue weighted by Gasteiger charge is 2.10. The minimum atomic E-state index is 0.746. The van der Waals surface area contributed by atoms with Gasteiger partial charge in [0.05, 0.1) is 10.8 Å². The highest BCUT2D eigenvalue weighted by atomic mass is 32.1. The van der Waals surface area contributed by atoms with E-state index in [0.29, 0.717) is 0 Å². The van der Waals surface area contributed by atoms with Gasteiger partial charge in [-0.2, -0.15) is 4.99 Å². The van der Waals surface area contributed by atoms with E-state index >= 15 is 0 Å². The predicted octanol–water partition coefficient (Wildman–Crippen LogP) is 4.95. The van der Waals surface area contributed by atoms with Crippen molar-refractivity contribution in [3.05, 3.63) is 24.3 Å². The van der Waals surface area contributed by atoms with Crippen molar-refractivity contribution in [2.45, 2.75) is 40.5 Å². The van der Waals surface area contributed by atoms with Gasteiger partial charge in [0.2, 0.25) is 0 Å². The second kappa shape index (κ2) is 13.7. The maximum Gasteiger partial charge on any atom is 0.119 e. The van der Waals surface area contributed by atoms with Crippen molar-refractivity contribution < 1.29 is 4.74 Å². The van der Waals surface area contributed by atoms with E-state index in [0.717, 1.165) is 24.6 Å². The number of hydrogen-bond acceptors (Lipinski definition) is 4. The molecule has 1 fully saturated rings. The molecule has 4 heteroatoms. The topological polar surface area (TPSA) is 24.8 Å². The van der Waals surface area contributed by atoms with Crippen LogP contribution in [-0.2, 0) is 0 Å². The molecule has 1 heterocycles. The SMILES string of the molecule is CC.CC.S=C=Nc1ccc(OCCN2CCCC2)cc1. The van der Waals surface area contributed by atoms with Gasteiger partial charge in [0.1, 0.15) is 12.4 Å². The molecular weight excluding hydrogens is 280 g/mol. The van der Waals surface area contributed by atoms with E-state index in [-0.39, 0.29) is 0 Å². The van der Waals surface area contributed by atoms with Gasteiger partial charge in [-0.25, -0.2) is 0 Å². The molecule has 21 heavy (non-hydrogen) atoms. The van der Waals surface area contributed by atoms with E-state index in [1.165, 1.54) is 25.9 Å². The van der Waals surface area contributed by atoms with Crippen molar-refractivity contribution in [1.29, 1.82) is 0 Å². The molecule has 0 amide bonds. The van der Waals surface area contributed by atoms with Crippen LogP contribution in [-0.4, -0.2) is 36.3 Å². The third kappa shape index (κ3) is 8.61. The molecule has 0 unspecified atom stereocenters. The average molecular weight is 308 g/mol. The summed E-state index contributed by atoms with van der Waals surface area (Å²) < 4.78 is 5.67. The molecule has 1 aliphatic heterocycles. The number of thiocarbonyl (C=S) groups is 1. The number of isothiocyanates is 1. The van der Waals surface area contributed by atoms with Crippen LogP contribution in [0.3, 0.4) is 0 Å². The summed E-state index contributed by atoms with van der Waals surface area (Å²) in [4.78, 5) is 6.33. The number of rotatable bonds is 5. The monoisotopic (exact) mass is 308 g/mol. The van der Waals surface area contributed by atoms with Crippen LogP contribution in [0.4, 0.5) is 5.69 Å². The number of aliphatic imine (C=N–C) groups is 1. The van der Waals surface area contributed by atoms with E-state index in [1.54, 1.807) is 0 Å². The van der Waals surface area contributed by atoms with E-state index < -0.39 is 0 Å². The molecule has 0 N–H and O–H groups in total.